The van der Waals surface area contributed by atoms with E-state index in [1.165, 1.54) is 0 Å². The number of methoxy groups -OCH3 is 1. The highest BCUT2D eigenvalue weighted by molar-refractivity contribution is 6.37. The highest BCUT2D eigenvalue weighted by atomic mass is 35.5. The lowest BCUT2D eigenvalue weighted by molar-refractivity contribution is 0.415. The van der Waals surface area contributed by atoms with Gasteiger partial charge in [0.15, 0.2) is 5.58 Å². The van der Waals surface area contributed by atoms with Crippen LogP contribution in [0.3, 0.4) is 0 Å². The van der Waals surface area contributed by atoms with E-state index < -0.39 is 5.63 Å². The predicted molar refractivity (Wildman–Crippen MR) is 78.0 cm³/mol. The normalized spacial score (nSPS) is 11.2. The van der Waals surface area contributed by atoms with Crippen molar-refractivity contribution in [2.45, 2.75) is 6.92 Å². The SMILES string of the molecule is COc1ccc2c(=O)oc3c(Cl)c(O)cc(C)c3c2c1. The molecule has 5 heteroatoms. The highest BCUT2D eigenvalue weighted by Gasteiger charge is 2.16. The van der Waals surface area contributed by atoms with Crippen LogP contribution < -0.4 is 10.4 Å². The van der Waals surface area contributed by atoms with Gasteiger partial charge in [-0.15, -0.1) is 0 Å². The quantitative estimate of drug-likeness (QED) is 0.549. The van der Waals surface area contributed by atoms with Gasteiger partial charge in [0.2, 0.25) is 0 Å². The summed E-state index contributed by atoms with van der Waals surface area (Å²) in [6, 6.07) is 6.65. The summed E-state index contributed by atoms with van der Waals surface area (Å²) in [5.74, 6) is 0.523. The lowest BCUT2D eigenvalue weighted by Crippen LogP contribution is -2.01. The molecule has 0 unspecified atom stereocenters. The van der Waals surface area contributed by atoms with Crippen molar-refractivity contribution in [2.24, 2.45) is 0 Å². The third kappa shape index (κ3) is 1.72. The van der Waals surface area contributed by atoms with Crippen LogP contribution in [0.5, 0.6) is 11.5 Å². The van der Waals surface area contributed by atoms with Gasteiger partial charge in [0.1, 0.15) is 16.5 Å². The van der Waals surface area contributed by atoms with Crippen molar-refractivity contribution in [3.05, 3.63) is 45.3 Å². The Hall–Kier alpha value is -2.20. The molecule has 0 spiro atoms. The molecule has 0 aliphatic rings. The first-order valence-corrected chi connectivity index (χ1v) is 6.33. The van der Waals surface area contributed by atoms with Crippen LogP contribution in [-0.4, -0.2) is 12.2 Å². The second kappa shape index (κ2) is 4.42. The Balaban J connectivity index is 2.64. The summed E-state index contributed by atoms with van der Waals surface area (Å²) in [5.41, 5.74) is 0.459. The van der Waals surface area contributed by atoms with Gasteiger partial charge in [-0.1, -0.05) is 11.6 Å². The molecule has 0 atom stereocenters. The largest absolute Gasteiger partial charge is 0.506 e. The number of halogens is 1. The first-order valence-electron chi connectivity index (χ1n) is 5.95. The van der Waals surface area contributed by atoms with E-state index in [-0.39, 0.29) is 16.4 Å². The molecule has 0 saturated heterocycles. The summed E-state index contributed by atoms with van der Waals surface area (Å²) in [7, 11) is 1.56. The average Bonchev–Trinajstić information content (AvgIpc) is 2.44. The summed E-state index contributed by atoms with van der Waals surface area (Å²) in [6.45, 7) is 1.82. The molecule has 2 aromatic carbocycles. The molecular formula is C15H11ClO4. The van der Waals surface area contributed by atoms with E-state index in [0.29, 0.717) is 21.9 Å². The van der Waals surface area contributed by atoms with Crippen LogP contribution in [0.1, 0.15) is 5.56 Å². The van der Waals surface area contributed by atoms with Gasteiger partial charge in [-0.2, -0.15) is 0 Å². The molecular weight excluding hydrogens is 280 g/mol. The number of aromatic hydroxyl groups is 1. The van der Waals surface area contributed by atoms with Gasteiger partial charge in [0.05, 0.1) is 12.5 Å². The zero-order chi connectivity index (χ0) is 14.4. The molecule has 1 heterocycles. The molecule has 0 aliphatic carbocycles. The Morgan fingerprint density at radius 3 is 2.70 bits per heavy atom. The summed E-state index contributed by atoms with van der Waals surface area (Å²) >= 11 is 6.03. The second-order valence-corrected chi connectivity index (χ2v) is 4.91. The fraction of sp³-hybridized carbons (Fsp3) is 0.133. The van der Waals surface area contributed by atoms with Gasteiger partial charge in [0, 0.05) is 10.8 Å². The highest BCUT2D eigenvalue weighted by Crippen LogP contribution is 2.37. The standard InChI is InChI=1S/C15H11ClO4/c1-7-5-11(17)13(16)14-12(7)10-6-8(19-2)3-4-9(10)15(18)20-14/h3-6,17H,1-2H3. The average molecular weight is 291 g/mol. The minimum absolute atomic E-state index is 0.0346. The molecule has 0 aliphatic heterocycles. The monoisotopic (exact) mass is 290 g/mol. The van der Waals surface area contributed by atoms with Gasteiger partial charge in [-0.25, -0.2) is 4.79 Å². The number of benzene rings is 2. The van der Waals surface area contributed by atoms with Gasteiger partial charge in [0.25, 0.3) is 0 Å². The number of phenols is 1. The lowest BCUT2D eigenvalue weighted by Gasteiger charge is -2.09. The number of ether oxygens (including phenoxy) is 1. The van der Waals surface area contributed by atoms with Crippen molar-refractivity contribution in [1.82, 2.24) is 0 Å². The van der Waals surface area contributed by atoms with Gasteiger partial charge in [-0.3, -0.25) is 0 Å². The van der Waals surface area contributed by atoms with E-state index >= 15 is 0 Å². The van der Waals surface area contributed by atoms with E-state index in [1.54, 1.807) is 31.4 Å². The van der Waals surface area contributed by atoms with Crippen molar-refractivity contribution in [3.8, 4) is 11.5 Å². The van der Waals surface area contributed by atoms with Crippen molar-refractivity contribution < 1.29 is 14.3 Å². The van der Waals surface area contributed by atoms with E-state index in [2.05, 4.69) is 0 Å². The first kappa shape index (κ1) is 12.8. The fourth-order valence-electron chi connectivity index (χ4n) is 2.36. The predicted octanol–water partition coefficient (Wildman–Crippen LogP) is 3.62. The van der Waals surface area contributed by atoms with Crippen molar-refractivity contribution in [2.75, 3.05) is 7.11 Å². The Bertz CT molecular complexity index is 896. The maximum absolute atomic E-state index is 12.0. The van der Waals surface area contributed by atoms with Crippen LogP contribution >= 0.6 is 11.6 Å². The molecule has 0 fully saturated rings. The molecule has 1 aromatic heterocycles. The van der Waals surface area contributed by atoms with Crippen LogP contribution in [0.15, 0.2) is 33.5 Å². The topological polar surface area (TPSA) is 59.7 Å². The fourth-order valence-corrected chi connectivity index (χ4v) is 2.55. The van der Waals surface area contributed by atoms with Crippen LogP contribution in [0.4, 0.5) is 0 Å². The Labute approximate surface area is 119 Å². The zero-order valence-corrected chi connectivity index (χ0v) is 11.6. The molecule has 3 rings (SSSR count). The number of phenolic OH excluding ortho intramolecular Hbond substituents is 1. The number of aryl methyl sites for hydroxylation is 1. The first-order chi connectivity index (χ1) is 9.52. The maximum atomic E-state index is 12.0. The van der Waals surface area contributed by atoms with Crippen LogP contribution in [-0.2, 0) is 0 Å². The molecule has 0 radical (unpaired) electrons. The molecule has 0 saturated carbocycles. The summed E-state index contributed by atoms with van der Waals surface area (Å²) in [4.78, 5) is 12.0. The molecule has 1 N–H and O–H groups in total. The van der Waals surface area contributed by atoms with Crippen LogP contribution in [0.2, 0.25) is 5.02 Å². The summed E-state index contributed by atoms with van der Waals surface area (Å²) in [6.07, 6.45) is 0. The van der Waals surface area contributed by atoms with Crippen molar-refractivity contribution >= 4 is 33.3 Å². The molecule has 102 valence electrons. The number of hydrogen-bond donors (Lipinski definition) is 1. The molecule has 0 bridgehead atoms. The number of fused-ring (bicyclic) bond motifs is 3. The summed E-state index contributed by atoms with van der Waals surface area (Å²) in [5, 5.41) is 11.6. The van der Waals surface area contributed by atoms with Crippen molar-refractivity contribution in [1.29, 1.82) is 0 Å². The minimum atomic E-state index is -0.498. The minimum Gasteiger partial charge on any atom is -0.506 e. The van der Waals surface area contributed by atoms with Gasteiger partial charge < -0.3 is 14.3 Å². The van der Waals surface area contributed by atoms with Gasteiger partial charge in [-0.05, 0) is 36.8 Å². The van der Waals surface area contributed by atoms with Crippen molar-refractivity contribution in [3.63, 3.8) is 0 Å². The molecule has 3 aromatic rings. The van der Waals surface area contributed by atoms with E-state index in [4.69, 9.17) is 20.8 Å². The van der Waals surface area contributed by atoms with Gasteiger partial charge >= 0.3 is 5.63 Å². The molecule has 0 amide bonds. The molecule has 4 nitrogen and oxygen atoms in total. The lowest BCUT2D eigenvalue weighted by atomic mass is 10.0. The zero-order valence-electron chi connectivity index (χ0n) is 10.9. The summed E-state index contributed by atoms with van der Waals surface area (Å²) < 4.78 is 10.4. The number of rotatable bonds is 1. The Morgan fingerprint density at radius 1 is 1.25 bits per heavy atom. The third-order valence-corrected chi connectivity index (χ3v) is 3.67. The second-order valence-electron chi connectivity index (χ2n) is 4.53. The Morgan fingerprint density at radius 2 is 2.00 bits per heavy atom. The van der Waals surface area contributed by atoms with E-state index in [0.717, 1.165) is 5.56 Å². The van der Waals surface area contributed by atoms with Crippen LogP contribution in [0, 0.1) is 6.92 Å². The smallest absolute Gasteiger partial charge is 0.344 e. The van der Waals surface area contributed by atoms with E-state index in [1.807, 2.05) is 6.92 Å². The Kier molecular flexibility index (Phi) is 2.83. The maximum Gasteiger partial charge on any atom is 0.344 e. The number of hydrogen-bond acceptors (Lipinski definition) is 4. The van der Waals surface area contributed by atoms with E-state index in [9.17, 15) is 9.90 Å². The third-order valence-electron chi connectivity index (χ3n) is 3.31. The van der Waals surface area contributed by atoms with Crippen LogP contribution in [0.25, 0.3) is 21.7 Å². The molecule has 20 heavy (non-hydrogen) atoms.